The van der Waals surface area contributed by atoms with Crippen LogP contribution in [0.2, 0.25) is 0 Å². The fourth-order valence-corrected chi connectivity index (χ4v) is 2.09. The van der Waals surface area contributed by atoms with E-state index in [-0.39, 0.29) is 10.8 Å². The van der Waals surface area contributed by atoms with Gasteiger partial charge < -0.3 is 5.32 Å². The Hall–Kier alpha value is -1.40. The van der Waals surface area contributed by atoms with Gasteiger partial charge in [-0.1, -0.05) is 12.1 Å². The molecule has 5 nitrogen and oxygen atoms in total. The first kappa shape index (κ1) is 13.7. The summed E-state index contributed by atoms with van der Waals surface area (Å²) in [6.45, 7) is 3.52. The molecule has 0 unspecified atom stereocenters. The average molecular weight is 255 g/mol. The topological polar surface area (TPSA) is 66.5 Å². The lowest BCUT2D eigenvalue weighted by molar-refractivity contribution is -0.116. The lowest BCUT2D eigenvalue weighted by Gasteiger charge is -2.11. The van der Waals surface area contributed by atoms with Gasteiger partial charge in [-0.3, -0.25) is 4.79 Å². The Morgan fingerprint density at radius 2 is 1.82 bits per heavy atom. The average Bonchev–Trinajstić information content (AvgIpc) is 2.26. The molecule has 93 valence electrons. The molecule has 0 saturated carbocycles. The van der Waals surface area contributed by atoms with Crippen molar-refractivity contribution in [3.63, 3.8) is 0 Å². The zero-order chi connectivity index (χ0) is 13.1. The van der Waals surface area contributed by atoms with E-state index in [2.05, 4.69) is 12.2 Å². The number of carbonyl (C=O) groups excluding carboxylic acids is 1. The Bertz CT molecular complexity index is 492. The Morgan fingerprint density at radius 3 is 2.24 bits per heavy atom. The van der Waals surface area contributed by atoms with Gasteiger partial charge in [-0.15, -0.1) is 0 Å². The molecule has 0 aliphatic heterocycles. The van der Waals surface area contributed by atoms with Gasteiger partial charge in [0.15, 0.2) is 0 Å². The molecular weight excluding hydrogens is 240 g/mol. The van der Waals surface area contributed by atoms with Gasteiger partial charge in [-0.05, 0) is 17.7 Å². The predicted octanol–water partition coefficient (Wildman–Crippen LogP) is 0.387. The van der Waals surface area contributed by atoms with Crippen molar-refractivity contribution in [1.82, 2.24) is 9.62 Å². The Kier molecular flexibility index (Phi) is 4.25. The molecule has 1 aromatic carbocycles. The number of sulfonamides is 1. The first-order valence-corrected chi connectivity index (χ1v) is 6.39. The summed E-state index contributed by atoms with van der Waals surface area (Å²) in [5.74, 6) is -0.366. The third-order valence-corrected chi connectivity index (χ3v) is 4.02. The first-order chi connectivity index (χ1) is 7.84. The summed E-state index contributed by atoms with van der Waals surface area (Å²) in [6.07, 6.45) is 0. The van der Waals surface area contributed by atoms with E-state index in [9.17, 15) is 13.2 Å². The molecule has 1 aromatic rings. The molecule has 1 radical (unpaired) electrons. The van der Waals surface area contributed by atoms with Gasteiger partial charge in [0.25, 0.3) is 0 Å². The van der Waals surface area contributed by atoms with Gasteiger partial charge in [-0.25, -0.2) is 12.7 Å². The minimum atomic E-state index is -3.39. The standard InChI is InChI=1S/C11H15N2O3S/c1-9(14)12-8-10-4-6-11(7-5-10)17(15,16)13(2)3/h4-7H,1,8H2,2-3H3,(H,12,14). The fraction of sp³-hybridized carbons (Fsp3) is 0.273. The molecule has 0 aliphatic rings. The third-order valence-electron chi connectivity index (χ3n) is 2.19. The van der Waals surface area contributed by atoms with Crippen molar-refractivity contribution in [2.24, 2.45) is 0 Å². The lowest BCUT2D eigenvalue weighted by Crippen LogP contribution is -2.22. The maximum Gasteiger partial charge on any atom is 0.242 e. The summed E-state index contributed by atoms with van der Waals surface area (Å²) >= 11 is 0. The third kappa shape index (κ3) is 3.54. The van der Waals surface area contributed by atoms with Crippen molar-refractivity contribution in [3.05, 3.63) is 36.8 Å². The normalized spacial score (nSPS) is 11.5. The largest absolute Gasteiger partial charge is 0.352 e. The number of benzene rings is 1. The van der Waals surface area contributed by atoms with Gasteiger partial charge in [0.1, 0.15) is 0 Å². The summed E-state index contributed by atoms with van der Waals surface area (Å²) in [4.78, 5) is 10.8. The Morgan fingerprint density at radius 1 is 1.29 bits per heavy atom. The summed E-state index contributed by atoms with van der Waals surface area (Å²) in [7, 11) is -0.435. The monoisotopic (exact) mass is 255 g/mol. The number of hydrogen-bond acceptors (Lipinski definition) is 3. The van der Waals surface area contributed by atoms with Gasteiger partial charge >= 0.3 is 0 Å². The molecular formula is C11H15N2O3S. The van der Waals surface area contributed by atoms with Crippen molar-refractivity contribution < 1.29 is 13.2 Å². The number of hydrogen-bond donors (Lipinski definition) is 1. The van der Waals surface area contributed by atoms with E-state index < -0.39 is 10.0 Å². The first-order valence-electron chi connectivity index (χ1n) is 4.95. The number of rotatable bonds is 4. The van der Waals surface area contributed by atoms with Crippen LogP contribution in [-0.4, -0.2) is 32.7 Å². The molecule has 0 spiro atoms. The van der Waals surface area contributed by atoms with E-state index in [4.69, 9.17) is 0 Å². The van der Waals surface area contributed by atoms with Crippen LogP contribution in [0.5, 0.6) is 0 Å². The maximum absolute atomic E-state index is 11.8. The Labute approximate surface area is 101 Å². The number of nitrogens with zero attached hydrogens (tertiary/aromatic N) is 1. The van der Waals surface area contributed by atoms with E-state index >= 15 is 0 Å². The van der Waals surface area contributed by atoms with Gasteiger partial charge in [0.05, 0.1) is 4.90 Å². The van der Waals surface area contributed by atoms with Crippen LogP contribution in [0.15, 0.2) is 29.2 Å². The minimum absolute atomic E-state index is 0.229. The molecule has 0 fully saturated rings. The fourth-order valence-electron chi connectivity index (χ4n) is 1.19. The van der Waals surface area contributed by atoms with Crippen LogP contribution in [0, 0.1) is 6.92 Å². The van der Waals surface area contributed by atoms with Gasteiger partial charge in [-0.2, -0.15) is 0 Å². The van der Waals surface area contributed by atoms with E-state index in [0.29, 0.717) is 6.54 Å². The van der Waals surface area contributed by atoms with Crippen molar-refractivity contribution in [2.75, 3.05) is 14.1 Å². The molecule has 6 heteroatoms. The minimum Gasteiger partial charge on any atom is -0.352 e. The van der Waals surface area contributed by atoms with E-state index in [1.54, 1.807) is 12.1 Å². The predicted molar refractivity (Wildman–Crippen MR) is 64.5 cm³/mol. The highest BCUT2D eigenvalue weighted by Crippen LogP contribution is 2.13. The number of carbonyl (C=O) groups is 1. The smallest absolute Gasteiger partial charge is 0.242 e. The Balaban J connectivity index is 2.85. The van der Waals surface area contributed by atoms with Crippen LogP contribution in [0.4, 0.5) is 0 Å². The van der Waals surface area contributed by atoms with Crippen molar-refractivity contribution in [1.29, 1.82) is 0 Å². The second-order valence-corrected chi connectivity index (χ2v) is 5.86. The molecule has 1 amide bonds. The van der Waals surface area contributed by atoms with Crippen molar-refractivity contribution >= 4 is 15.9 Å². The highest BCUT2D eigenvalue weighted by Gasteiger charge is 2.16. The van der Waals surface area contributed by atoms with Crippen LogP contribution in [0.1, 0.15) is 5.56 Å². The molecule has 17 heavy (non-hydrogen) atoms. The molecule has 1 rings (SSSR count). The van der Waals surface area contributed by atoms with E-state index in [1.165, 1.54) is 26.2 Å². The number of nitrogens with one attached hydrogen (secondary N) is 1. The second-order valence-electron chi connectivity index (χ2n) is 3.71. The van der Waals surface area contributed by atoms with E-state index in [1.807, 2.05) is 0 Å². The molecule has 0 aromatic heterocycles. The van der Waals surface area contributed by atoms with Crippen LogP contribution < -0.4 is 5.32 Å². The summed E-state index contributed by atoms with van der Waals surface area (Å²) in [5.41, 5.74) is 0.819. The summed E-state index contributed by atoms with van der Waals surface area (Å²) in [5, 5.41) is 2.53. The molecule has 0 saturated heterocycles. The molecule has 0 atom stereocenters. The van der Waals surface area contributed by atoms with Crippen LogP contribution in [0.3, 0.4) is 0 Å². The zero-order valence-corrected chi connectivity index (χ0v) is 10.6. The van der Waals surface area contributed by atoms with Crippen molar-refractivity contribution in [3.8, 4) is 0 Å². The van der Waals surface area contributed by atoms with Crippen LogP contribution in [-0.2, 0) is 21.4 Å². The van der Waals surface area contributed by atoms with Crippen LogP contribution >= 0.6 is 0 Å². The quantitative estimate of drug-likeness (QED) is 0.846. The molecule has 1 N–H and O–H groups in total. The molecule has 0 aliphatic carbocycles. The SMILES string of the molecule is [CH2]C(=O)NCc1ccc(S(=O)(=O)N(C)C)cc1. The molecule has 0 heterocycles. The van der Waals surface area contributed by atoms with Crippen molar-refractivity contribution in [2.45, 2.75) is 11.4 Å². The van der Waals surface area contributed by atoms with Crippen LogP contribution in [0.25, 0.3) is 0 Å². The van der Waals surface area contributed by atoms with Gasteiger partial charge in [0.2, 0.25) is 15.9 Å². The zero-order valence-electron chi connectivity index (χ0n) is 9.80. The maximum atomic E-state index is 11.8. The van der Waals surface area contributed by atoms with Gasteiger partial charge in [0, 0.05) is 27.6 Å². The lowest BCUT2D eigenvalue weighted by atomic mass is 10.2. The summed E-state index contributed by atoms with van der Waals surface area (Å²) in [6, 6.07) is 6.35. The highest BCUT2D eigenvalue weighted by molar-refractivity contribution is 7.89. The molecule has 0 bridgehead atoms. The highest BCUT2D eigenvalue weighted by atomic mass is 32.2. The summed E-state index contributed by atoms with van der Waals surface area (Å²) < 4.78 is 24.7. The number of amides is 1. The van der Waals surface area contributed by atoms with E-state index in [0.717, 1.165) is 9.87 Å². The second kappa shape index (κ2) is 5.29.